The van der Waals surface area contributed by atoms with E-state index >= 15 is 0 Å². The van der Waals surface area contributed by atoms with Crippen LogP contribution in [-0.4, -0.2) is 13.9 Å². The highest BCUT2D eigenvalue weighted by molar-refractivity contribution is 7.07. The van der Waals surface area contributed by atoms with Crippen LogP contribution in [-0.2, 0) is 17.9 Å². The Labute approximate surface area is 163 Å². The lowest BCUT2D eigenvalue weighted by molar-refractivity contribution is 0.0304. The van der Waals surface area contributed by atoms with E-state index in [0.717, 1.165) is 10.4 Å². The van der Waals surface area contributed by atoms with Crippen molar-refractivity contribution in [2.24, 2.45) is 0 Å². The van der Waals surface area contributed by atoms with Crippen LogP contribution in [0.1, 0.15) is 16.5 Å². The van der Waals surface area contributed by atoms with Crippen LogP contribution in [0.3, 0.4) is 0 Å². The van der Waals surface area contributed by atoms with Crippen molar-refractivity contribution in [1.29, 1.82) is 0 Å². The zero-order valence-corrected chi connectivity index (χ0v) is 16.0. The van der Waals surface area contributed by atoms with Crippen LogP contribution in [0, 0.1) is 0 Å². The predicted octanol–water partition coefficient (Wildman–Crippen LogP) is 5.91. The van der Waals surface area contributed by atoms with E-state index in [4.69, 9.17) is 51.1 Å². The molecule has 2 heterocycles. The molecule has 24 heavy (non-hydrogen) atoms. The van der Waals surface area contributed by atoms with Gasteiger partial charge in [0.1, 0.15) is 6.10 Å². The maximum absolute atomic E-state index is 6.25. The maximum atomic E-state index is 6.25. The number of ether oxygens (including phenoxy) is 1. The fourth-order valence-electron chi connectivity index (χ4n) is 2.10. The number of hydrogen-bond acceptors (Lipinski definition) is 4. The Morgan fingerprint density at radius 2 is 2.04 bits per heavy atom. The van der Waals surface area contributed by atoms with E-state index < -0.39 is 0 Å². The Kier molecular flexibility index (Phi) is 6.02. The largest absolute Gasteiger partial charge is 0.366 e. The molecule has 1 unspecified atom stereocenters. The fourth-order valence-corrected chi connectivity index (χ4v) is 3.85. The number of rotatable bonds is 6. The number of hydrogen-bond donors (Lipinski definition) is 0. The summed E-state index contributed by atoms with van der Waals surface area (Å²) in [4.78, 5) is 4.80. The molecule has 9 heteroatoms. The van der Waals surface area contributed by atoms with Crippen LogP contribution in [0.25, 0.3) is 0 Å². The van der Waals surface area contributed by atoms with Gasteiger partial charge in [-0.25, -0.2) is 4.98 Å². The molecule has 4 nitrogen and oxygen atoms in total. The van der Waals surface area contributed by atoms with Crippen molar-refractivity contribution in [3.05, 3.63) is 67.6 Å². The van der Waals surface area contributed by atoms with Gasteiger partial charge < -0.3 is 9.30 Å². The SMILES string of the molecule is Clc1ccc(COC(Cn2ccnc2)c2snc(Cl)c2Cl)c(Cl)c1. The van der Waals surface area contributed by atoms with E-state index in [-0.39, 0.29) is 11.3 Å². The summed E-state index contributed by atoms with van der Waals surface area (Å²) in [6.45, 7) is 0.838. The van der Waals surface area contributed by atoms with Crippen molar-refractivity contribution in [1.82, 2.24) is 13.9 Å². The van der Waals surface area contributed by atoms with Gasteiger partial charge in [0, 0.05) is 22.4 Å². The van der Waals surface area contributed by atoms with Crippen molar-refractivity contribution in [2.45, 2.75) is 19.3 Å². The van der Waals surface area contributed by atoms with Gasteiger partial charge in [-0.05, 0) is 29.2 Å². The minimum Gasteiger partial charge on any atom is -0.366 e. The number of halogens is 4. The lowest BCUT2D eigenvalue weighted by atomic mass is 10.2. The molecule has 0 fully saturated rings. The molecule has 3 aromatic rings. The Bertz CT molecular complexity index is 822. The molecule has 0 aliphatic heterocycles. The summed E-state index contributed by atoms with van der Waals surface area (Å²) >= 11 is 25.6. The van der Waals surface area contributed by atoms with Crippen molar-refractivity contribution in [3.63, 3.8) is 0 Å². The van der Waals surface area contributed by atoms with Crippen LogP contribution in [0.2, 0.25) is 20.2 Å². The normalized spacial score (nSPS) is 12.5. The van der Waals surface area contributed by atoms with Crippen LogP contribution in [0.4, 0.5) is 0 Å². The lowest BCUT2D eigenvalue weighted by Crippen LogP contribution is -2.11. The topological polar surface area (TPSA) is 39.9 Å². The fraction of sp³-hybridized carbons (Fsp3) is 0.200. The second kappa shape index (κ2) is 8.04. The molecule has 0 saturated carbocycles. The molecule has 3 rings (SSSR count). The summed E-state index contributed by atoms with van der Waals surface area (Å²) in [5.74, 6) is 0. The molecular formula is C15H11Cl4N3OS. The number of nitrogens with zero attached hydrogens (tertiary/aromatic N) is 3. The highest BCUT2D eigenvalue weighted by Crippen LogP contribution is 2.36. The monoisotopic (exact) mass is 421 g/mol. The van der Waals surface area contributed by atoms with E-state index in [9.17, 15) is 0 Å². The second-order valence-corrected chi connectivity index (χ2v) is 7.33. The first-order chi connectivity index (χ1) is 11.5. The first-order valence-electron chi connectivity index (χ1n) is 6.86. The molecule has 2 aromatic heterocycles. The first-order valence-corrected chi connectivity index (χ1v) is 9.15. The van der Waals surface area contributed by atoms with Crippen LogP contribution in [0.15, 0.2) is 36.9 Å². The van der Waals surface area contributed by atoms with Gasteiger partial charge in [0.05, 0.1) is 29.4 Å². The van der Waals surface area contributed by atoms with E-state index in [1.54, 1.807) is 24.7 Å². The summed E-state index contributed by atoms with van der Waals surface area (Å²) in [7, 11) is 0. The summed E-state index contributed by atoms with van der Waals surface area (Å²) in [6.07, 6.45) is 4.93. The summed E-state index contributed by atoms with van der Waals surface area (Å²) in [5, 5.41) is 1.82. The molecule has 0 N–H and O–H groups in total. The Balaban J connectivity index is 1.80. The third-order valence-corrected chi connectivity index (χ3v) is 5.79. The second-order valence-electron chi connectivity index (χ2n) is 4.95. The van der Waals surface area contributed by atoms with E-state index in [1.807, 2.05) is 16.8 Å². The molecule has 126 valence electrons. The van der Waals surface area contributed by atoms with E-state index in [1.165, 1.54) is 11.5 Å². The molecule has 0 amide bonds. The van der Waals surface area contributed by atoms with Crippen LogP contribution >= 0.6 is 57.9 Å². The zero-order valence-electron chi connectivity index (χ0n) is 12.1. The summed E-state index contributed by atoms with van der Waals surface area (Å²) in [5.41, 5.74) is 0.837. The van der Waals surface area contributed by atoms with Crippen molar-refractivity contribution in [3.8, 4) is 0 Å². The molecule has 0 bridgehead atoms. The summed E-state index contributed by atoms with van der Waals surface area (Å²) < 4.78 is 12.0. The zero-order chi connectivity index (χ0) is 17.1. The smallest absolute Gasteiger partial charge is 0.161 e. The number of benzene rings is 1. The average molecular weight is 423 g/mol. The Morgan fingerprint density at radius 3 is 2.67 bits per heavy atom. The van der Waals surface area contributed by atoms with Gasteiger partial charge in [-0.1, -0.05) is 52.5 Å². The highest BCUT2D eigenvalue weighted by Gasteiger charge is 2.22. The van der Waals surface area contributed by atoms with E-state index in [0.29, 0.717) is 28.2 Å². The van der Waals surface area contributed by atoms with Gasteiger partial charge in [-0.2, -0.15) is 4.37 Å². The summed E-state index contributed by atoms with van der Waals surface area (Å²) in [6, 6.07) is 5.29. The quantitative estimate of drug-likeness (QED) is 0.495. The van der Waals surface area contributed by atoms with Gasteiger partial charge in [-0.15, -0.1) is 0 Å². The van der Waals surface area contributed by atoms with Gasteiger partial charge in [0.25, 0.3) is 0 Å². The van der Waals surface area contributed by atoms with Crippen molar-refractivity contribution < 1.29 is 4.74 Å². The minimum absolute atomic E-state index is 0.278. The van der Waals surface area contributed by atoms with Gasteiger partial charge in [0.2, 0.25) is 0 Å². The van der Waals surface area contributed by atoms with E-state index in [2.05, 4.69) is 9.36 Å². The Hall–Kier alpha value is -0.820. The molecule has 0 saturated heterocycles. The van der Waals surface area contributed by atoms with Crippen LogP contribution < -0.4 is 0 Å². The number of imidazole rings is 1. The Morgan fingerprint density at radius 1 is 1.21 bits per heavy atom. The molecular weight excluding hydrogens is 412 g/mol. The third kappa shape index (κ3) is 4.23. The first kappa shape index (κ1) is 18.0. The number of aromatic nitrogens is 3. The van der Waals surface area contributed by atoms with Gasteiger partial charge in [0.15, 0.2) is 5.15 Å². The molecule has 0 aliphatic carbocycles. The molecule has 1 aromatic carbocycles. The van der Waals surface area contributed by atoms with Gasteiger partial charge >= 0.3 is 0 Å². The molecule has 0 aliphatic rings. The third-order valence-electron chi connectivity index (χ3n) is 3.30. The standard InChI is InChI=1S/C15H11Cl4N3OS/c16-10-2-1-9(11(17)5-10)7-23-12(6-22-4-3-20-8-22)14-13(18)15(19)21-24-14/h1-5,8,12H,6-7H2. The molecule has 0 spiro atoms. The molecule has 1 atom stereocenters. The van der Waals surface area contributed by atoms with Crippen molar-refractivity contribution in [2.75, 3.05) is 0 Å². The maximum Gasteiger partial charge on any atom is 0.161 e. The van der Waals surface area contributed by atoms with Crippen molar-refractivity contribution >= 4 is 57.9 Å². The average Bonchev–Trinajstić information content (AvgIpc) is 3.16. The minimum atomic E-state index is -0.330. The highest BCUT2D eigenvalue weighted by atomic mass is 35.5. The predicted molar refractivity (Wildman–Crippen MR) is 98.4 cm³/mol. The van der Waals surface area contributed by atoms with Crippen LogP contribution in [0.5, 0.6) is 0 Å². The lowest BCUT2D eigenvalue weighted by Gasteiger charge is -2.18. The molecule has 0 radical (unpaired) electrons. The van der Waals surface area contributed by atoms with Gasteiger partial charge in [-0.3, -0.25) is 0 Å².